The summed E-state index contributed by atoms with van der Waals surface area (Å²) in [4.78, 5) is 27.7. The van der Waals surface area contributed by atoms with Gasteiger partial charge >= 0.3 is 0 Å². The lowest BCUT2D eigenvalue weighted by Gasteiger charge is -2.23. The largest absolute Gasteiger partial charge is 0.390 e. The van der Waals surface area contributed by atoms with Crippen LogP contribution in [0.15, 0.2) is 37.4 Å². The molecule has 2 aromatic rings. The molecule has 22 heavy (non-hydrogen) atoms. The molecule has 1 amide bonds. The van der Waals surface area contributed by atoms with E-state index in [0.29, 0.717) is 12.0 Å². The Bertz CT molecular complexity index is 639. The van der Waals surface area contributed by atoms with Crippen LogP contribution in [0.25, 0.3) is 0 Å². The van der Waals surface area contributed by atoms with E-state index in [0.717, 1.165) is 5.56 Å². The molecule has 1 fully saturated rings. The Morgan fingerprint density at radius 2 is 1.64 bits per heavy atom. The molecule has 0 aliphatic heterocycles. The highest BCUT2D eigenvalue weighted by atomic mass is 16.3. The maximum absolute atomic E-state index is 12.2. The second-order valence-corrected chi connectivity index (χ2v) is 5.20. The molecule has 1 saturated carbocycles. The van der Waals surface area contributed by atoms with Crippen molar-refractivity contribution in [1.29, 1.82) is 0 Å². The summed E-state index contributed by atoms with van der Waals surface area (Å²) in [5.41, 5.74) is 1.05. The second-order valence-electron chi connectivity index (χ2n) is 5.20. The van der Waals surface area contributed by atoms with Gasteiger partial charge in [-0.05, 0) is 12.0 Å². The smallest absolute Gasteiger partial charge is 0.254 e. The van der Waals surface area contributed by atoms with Crippen LogP contribution in [-0.2, 0) is 0 Å². The lowest BCUT2D eigenvalue weighted by Crippen LogP contribution is -2.45. The van der Waals surface area contributed by atoms with E-state index in [1.807, 2.05) is 0 Å². The molecule has 8 nitrogen and oxygen atoms in total. The number of hydrogen-bond donors (Lipinski definition) is 3. The van der Waals surface area contributed by atoms with Gasteiger partial charge in [-0.1, -0.05) is 0 Å². The summed E-state index contributed by atoms with van der Waals surface area (Å²) in [6, 6.07) is -0.631. The van der Waals surface area contributed by atoms with Gasteiger partial charge in [-0.15, -0.1) is 0 Å². The highest BCUT2D eigenvalue weighted by Gasteiger charge is 2.43. The number of aromatic nitrogens is 4. The molecule has 0 radical (unpaired) electrons. The van der Waals surface area contributed by atoms with Gasteiger partial charge in [0.25, 0.3) is 5.91 Å². The Kier molecular flexibility index (Phi) is 4.03. The first-order chi connectivity index (χ1) is 10.7. The monoisotopic (exact) mass is 301 g/mol. The van der Waals surface area contributed by atoms with Crippen LogP contribution in [0.5, 0.6) is 0 Å². The van der Waals surface area contributed by atoms with Crippen LogP contribution in [0.3, 0.4) is 0 Å². The number of aliphatic hydroxyl groups excluding tert-OH is 2. The Morgan fingerprint density at radius 1 is 1.05 bits per heavy atom. The number of aliphatic hydroxyl groups is 2. The summed E-state index contributed by atoms with van der Waals surface area (Å²) in [5, 5.41) is 22.8. The molecule has 1 aliphatic rings. The summed E-state index contributed by atoms with van der Waals surface area (Å²) in [6.45, 7) is 0. The number of carbonyl (C=O) groups excluding carboxylic acids is 1. The van der Waals surface area contributed by atoms with Gasteiger partial charge in [-0.25, -0.2) is 19.9 Å². The average molecular weight is 301 g/mol. The van der Waals surface area contributed by atoms with Gasteiger partial charge in [0, 0.05) is 30.7 Å². The number of amides is 1. The van der Waals surface area contributed by atoms with Crippen molar-refractivity contribution in [3.05, 3.63) is 48.6 Å². The molecule has 4 atom stereocenters. The Balaban J connectivity index is 1.82. The molecule has 8 heteroatoms. The highest BCUT2D eigenvalue weighted by molar-refractivity contribution is 5.93. The molecule has 0 aromatic carbocycles. The van der Waals surface area contributed by atoms with Gasteiger partial charge in [0.05, 0.1) is 17.7 Å². The van der Waals surface area contributed by atoms with E-state index in [2.05, 4.69) is 25.3 Å². The van der Waals surface area contributed by atoms with Crippen molar-refractivity contribution in [3.8, 4) is 0 Å². The van der Waals surface area contributed by atoms with Gasteiger partial charge in [-0.3, -0.25) is 4.79 Å². The molecular weight excluding hydrogens is 286 g/mol. The van der Waals surface area contributed by atoms with Crippen LogP contribution in [0.1, 0.15) is 28.3 Å². The maximum atomic E-state index is 12.2. The first kappa shape index (κ1) is 14.5. The lowest BCUT2D eigenvalue weighted by atomic mass is 9.96. The predicted octanol–water partition coefficient (Wildman–Crippen LogP) is -0.726. The van der Waals surface area contributed by atoms with Gasteiger partial charge in [-0.2, -0.15) is 0 Å². The Morgan fingerprint density at radius 3 is 2.27 bits per heavy atom. The highest BCUT2D eigenvalue weighted by Crippen LogP contribution is 2.34. The third kappa shape index (κ3) is 2.78. The fraction of sp³-hybridized carbons (Fsp3) is 0.357. The summed E-state index contributed by atoms with van der Waals surface area (Å²) >= 11 is 0. The number of hydrogen-bond acceptors (Lipinski definition) is 7. The standard InChI is InChI=1S/C14H15N5O3/c20-11-1-10(8-2-15-6-16-3-8)12(13(11)21)19-14(22)9-4-17-7-18-5-9/h2-7,10-13,20-21H,1H2,(H,19,22). The van der Waals surface area contributed by atoms with E-state index in [1.165, 1.54) is 25.0 Å². The molecule has 4 unspecified atom stereocenters. The molecule has 2 aromatic heterocycles. The normalized spacial score (nSPS) is 27.5. The Labute approximate surface area is 126 Å². The summed E-state index contributed by atoms with van der Waals surface area (Å²) in [7, 11) is 0. The van der Waals surface area contributed by atoms with Crippen molar-refractivity contribution in [2.45, 2.75) is 30.6 Å². The summed E-state index contributed by atoms with van der Waals surface area (Å²) in [5.74, 6) is -0.666. The molecule has 1 aliphatic carbocycles. The van der Waals surface area contributed by atoms with Gasteiger partial charge in [0.2, 0.25) is 0 Å². The third-order valence-corrected chi connectivity index (χ3v) is 3.82. The fourth-order valence-corrected chi connectivity index (χ4v) is 2.71. The van der Waals surface area contributed by atoms with Crippen LogP contribution in [0, 0.1) is 0 Å². The minimum absolute atomic E-state index is 0.264. The maximum Gasteiger partial charge on any atom is 0.254 e. The molecular formula is C14H15N5O3. The van der Waals surface area contributed by atoms with Crippen LogP contribution in [0.2, 0.25) is 0 Å². The third-order valence-electron chi connectivity index (χ3n) is 3.82. The second kappa shape index (κ2) is 6.12. The minimum Gasteiger partial charge on any atom is -0.390 e. The molecule has 0 spiro atoms. The number of carbonyl (C=O) groups is 1. The summed E-state index contributed by atoms with van der Waals surface area (Å²) < 4.78 is 0. The lowest BCUT2D eigenvalue weighted by molar-refractivity contribution is 0.0294. The van der Waals surface area contributed by atoms with Crippen molar-refractivity contribution in [2.75, 3.05) is 0 Å². The molecule has 2 heterocycles. The van der Waals surface area contributed by atoms with Gasteiger partial charge in [0.1, 0.15) is 18.8 Å². The van der Waals surface area contributed by atoms with E-state index in [9.17, 15) is 15.0 Å². The van der Waals surface area contributed by atoms with Crippen molar-refractivity contribution >= 4 is 5.91 Å². The van der Waals surface area contributed by atoms with Crippen LogP contribution in [0.4, 0.5) is 0 Å². The van der Waals surface area contributed by atoms with E-state index in [1.54, 1.807) is 12.4 Å². The number of nitrogens with one attached hydrogen (secondary N) is 1. The SMILES string of the molecule is O=C(NC1C(c2cncnc2)CC(O)C1O)c1cncnc1. The fourth-order valence-electron chi connectivity index (χ4n) is 2.71. The zero-order valence-corrected chi connectivity index (χ0v) is 11.6. The quantitative estimate of drug-likeness (QED) is 0.683. The van der Waals surface area contributed by atoms with E-state index >= 15 is 0 Å². The zero-order chi connectivity index (χ0) is 15.5. The van der Waals surface area contributed by atoms with E-state index in [-0.39, 0.29) is 5.92 Å². The van der Waals surface area contributed by atoms with Crippen molar-refractivity contribution < 1.29 is 15.0 Å². The van der Waals surface area contributed by atoms with Gasteiger partial charge in [0.15, 0.2) is 0 Å². The number of rotatable bonds is 3. The van der Waals surface area contributed by atoms with Gasteiger partial charge < -0.3 is 15.5 Å². The summed E-state index contributed by atoms with van der Waals surface area (Å²) in [6.07, 6.45) is 7.10. The van der Waals surface area contributed by atoms with E-state index < -0.39 is 24.2 Å². The predicted molar refractivity (Wildman–Crippen MR) is 74.7 cm³/mol. The van der Waals surface area contributed by atoms with Crippen LogP contribution >= 0.6 is 0 Å². The zero-order valence-electron chi connectivity index (χ0n) is 11.6. The molecule has 3 N–H and O–H groups in total. The van der Waals surface area contributed by atoms with Crippen molar-refractivity contribution in [1.82, 2.24) is 25.3 Å². The van der Waals surface area contributed by atoms with Crippen molar-refractivity contribution in [3.63, 3.8) is 0 Å². The van der Waals surface area contributed by atoms with Crippen LogP contribution < -0.4 is 5.32 Å². The first-order valence-electron chi connectivity index (χ1n) is 6.83. The molecule has 114 valence electrons. The molecule has 0 bridgehead atoms. The molecule has 3 rings (SSSR count). The average Bonchev–Trinajstić information content (AvgIpc) is 2.85. The van der Waals surface area contributed by atoms with Crippen LogP contribution in [-0.4, -0.2) is 54.3 Å². The molecule has 0 saturated heterocycles. The van der Waals surface area contributed by atoms with E-state index in [4.69, 9.17) is 0 Å². The Hall–Kier alpha value is -2.45. The first-order valence-corrected chi connectivity index (χ1v) is 6.83. The minimum atomic E-state index is -1.06. The van der Waals surface area contributed by atoms with Crippen molar-refractivity contribution in [2.24, 2.45) is 0 Å². The topological polar surface area (TPSA) is 121 Å². The number of nitrogens with zero attached hydrogens (tertiary/aromatic N) is 4.